The van der Waals surface area contributed by atoms with Gasteiger partial charge in [-0.15, -0.1) is 11.3 Å². The molecule has 29 heavy (non-hydrogen) atoms. The van der Waals surface area contributed by atoms with Crippen LogP contribution in [-0.2, 0) is 11.2 Å². The smallest absolute Gasteiger partial charge is 0.217 e. The van der Waals surface area contributed by atoms with Gasteiger partial charge >= 0.3 is 0 Å². The van der Waals surface area contributed by atoms with Gasteiger partial charge in [-0.05, 0) is 74.8 Å². The quantitative estimate of drug-likeness (QED) is 0.276. The van der Waals surface area contributed by atoms with Gasteiger partial charge in [0.15, 0.2) is 0 Å². The number of hydrogen-bond donors (Lipinski definition) is 4. The van der Waals surface area contributed by atoms with E-state index in [9.17, 15) is 20.1 Å². The van der Waals surface area contributed by atoms with Crippen LogP contribution in [0.15, 0.2) is 18.2 Å². The van der Waals surface area contributed by atoms with Gasteiger partial charge in [-0.25, -0.2) is 0 Å². The number of aliphatic hydroxyl groups is 3. The Balaban J connectivity index is 1.76. The zero-order valence-corrected chi connectivity index (χ0v) is 18.8. The molecule has 0 spiro atoms. The van der Waals surface area contributed by atoms with Crippen LogP contribution in [-0.4, -0.2) is 39.5 Å². The number of unbranched alkanes of at least 4 members (excludes halogenated alkanes) is 1. The average Bonchev–Trinajstić information content (AvgIpc) is 3.11. The summed E-state index contributed by atoms with van der Waals surface area (Å²) in [6, 6.07) is 1.84. The van der Waals surface area contributed by atoms with Crippen LogP contribution < -0.4 is 5.73 Å². The van der Waals surface area contributed by atoms with Crippen molar-refractivity contribution in [3.63, 3.8) is 0 Å². The third-order valence-corrected chi connectivity index (χ3v) is 7.27. The van der Waals surface area contributed by atoms with E-state index in [1.165, 1.54) is 11.3 Å². The summed E-state index contributed by atoms with van der Waals surface area (Å²) in [4.78, 5) is 10.7. The Morgan fingerprint density at radius 1 is 1.24 bits per heavy atom. The zero-order chi connectivity index (χ0) is 21.4. The van der Waals surface area contributed by atoms with E-state index >= 15 is 0 Å². The van der Waals surface area contributed by atoms with Crippen LogP contribution in [0.3, 0.4) is 0 Å². The molecule has 0 aliphatic heterocycles. The highest BCUT2D eigenvalue weighted by molar-refractivity contribution is 7.20. The van der Waals surface area contributed by atoms with Crippen molar-refractivity contribution in [2.45, 2.75) is 76.1 Å². The van der Waals surface area contributed by atoms with E-state index in [4.69, 9.17) is 28.9 Å². The van der Waals surface area contributed by atoms with Crippen LogP contribution >= 0.6 is 34.5 Å². The van der Waals surface area contributed by atoms with Crippen molar-refractivity contribution in [3.05, 3.63) is 32.5 Å². The Labute approximate surface area is 186 Å². The molecule has 1 amide bonds. The van der Waals surface area contributed by atoms with Gasteiger partial charge in [0.05, 0.1) is 27.0 Å². The number of carbonyl (C=O) groups excluding carboxylic acids is 1. The number of nitrogens with two attached hydrogens (primary N) is 1. The van der Waals surface area contributed by atoms with E-state index in [0.717, 1.165) is 18.4 Å². The second-order valence-corrected chi connectivity index (χ2v) is 10.2. The van der Waals surface area contributed by atoms with E-state index in [0.29, 0.717) is 53.6 Å². The minimum absolute atomic E-state index is 0.0188. The van der Waals surface area contributed by atoms with Crippen molar-refractivity contribution in [1.82, 2.24) is 0 Å². The lowest BCUT2D eigenvalue weighted by atomic mass is 9.85. The Morgan fingerprint density at radius 3 is 2.62 bits per heavy atom. The highest BCUT2D eigenvalue weighted by atomic mass is 35.5. The summed E-state index contributed by atoms with van der Waals surface area (Å²) in [7, 11) is 0. The lowest BCUT2D eigenvalue weighted by Crippen LogP contribution is -2.23. The molecule has 1 aliphatic carbocycles. The first-order valence-corrected chi connectivity index (χ1v) is 11.8. The molecular weight excluding hydrogens is 433 g/mol. The molecule has 1 heterocycles. The van der Waals surface area contributed by atoms with Crippen molar-refractivity contribution in [2.24, 2.45) is 17.6 Å². The van der Waals surface area contributed by atoms with Crippen LogP contribution in [0.2, 0.25) is 8.67 Å². The molecule has 164 valence electrons. The monoisotopic (exact) mass is 463 g/mol. The molecule has 5 atom stereocenters. The minimum Gasteiger partial charge on any atom is -0.393 e. The minimum atomic E-state index is -0.546. The first-order chi connectivity index (χ1) is 13.8. The molecule has 0 radical (unpaired) electrons. The summed E-state index contributed by atoms with van der Waals surface area (Å²) >= 11 is 13.4. The molecule has 1 aromatic rings. The van der Waals surface area contributed by atoms with E-state index in [1.807, 2.05) is 18.2 Å². The van der Waals surface area contributed by atoms with Gasteiger partial charge < -0.3 is 21.1 Å². The predicted molar refractivity (Wildman–Crippen MR) is 118 cm³/mol. The van der Waals surface area contributed by atoms with E-state index in [-0.39, 0.29) is 17.7 Å². The summed E-state index contributed by atoms with van der Waals surface area (Å²) in [5.74, 6) is -0.348. The third kappa shape index (κ3) is 8.19. The van der Waals surface area contributed by atoms with Crippen LogP contribution in [0, 0.1) is 11.8 Å². The van der Waals surface area contributed by atoms with Gasteiger partial charge in [0, 0.05) is 6.42 Å². The fraction of sp³-hybridized carbons (Fsp3) is 0.667. The van der Waals surface area contributed by atoms with E-state index in [2.05, 4.69) is 0 Å². The molecule has 1 aromatic heterocycles. The molecule has 1 aliphatic rings. The highest BCUT2D eigenvalue weighted by Gasteiger charge is 2.40. The summed E-state index contributed by atoms with van der Waals surface area (Å²) in [6.45, 7) is 0. The maximum Gasteiger partial charge on any atom is 0.217 e. The van der Waals surface area contributed by atoms with E-state index < -0.39 is 18.3 Å². The molecule has 1 fully saturated rings. The number of thiophene rings is 1. The second-order valence-electron chi connectivity index (χ2n) is 7.88. The SMILES string of the molecule is NC(=O)CCC/C=C\C[C@H]1C(O)CC(O)[C@@H]1CCC(O)CCc1cc(Cl)sc1Cl. The molecule has 8 heteroatoms. The fourth-order valence-corrected chi connectivity index (χ4v) is 5.61. The van der Waals surface area contributed by atoms with Gasteiger partial charge in [0.1, 0.15) is 0 Å². The first kappa shape index (κ1) is 24.6. The van der Waals surface area contributed by atoms with Crippen LogP contribution in [0.4, 0.5) is 0 Å². The Morgan fingerprint density at radius 2 is 1.97 bits per heavy atom. The zero-order valence-electron chi connectivity index (χ0n) is 16.5. The number of hydrogen-bond acceptors (Lipinski definition) is 5. The lowest BCUT2D eigenvalue weighted by molar-refractivity contribution is -0.118. The number of amides is 1. The number of halogens is 2. The molecule has 0 aromatic carbocycles. The number of rotatable bonds is 12. The summed E-state index contributed by atoms with van der Waals surface area (Å²) < 4.78 is 1.31. The van der Waals surface area contributed by atoms with Crippen molar-refractivity contribution in [1.29, 1.82) is 0 Å². The van der Waals surface area contributed by atoms with Crippen molar-refractivity contribution in [2.75, 3.05) is 0 Å². The van der Waals surface area contributed by atoms with Crippen LogP contribution in [0.1, 0.15) is 56.9 Å². The van der Waals surface area contributed by atoms with Crippen molar-refractivity contribution in [3.8, 4) is 0 Å². The Kier molecular flexibility index (Phi) is 10.4. The topological polar surface area (TPSA) is 104 Å². The largest absolute Gasteiger partial charge is 0.393 e. The number of aryl methyl sites for hydroxylation is 1. The first-order valence-electron chi connectivity index (χ1n) is 10.2. The maximum atomic E-state index is 10.7. The van der Waals surface area contributed by atoms with Crippen molar-refractivity contribution < 1.29 is 20.1 Å². The summed E-state index contributed by atoms with van der Waals surface area (Å²) in [5, 5.41) is 31.0. The molecule has 1 saturated carbocycles. The summed E-state index contributed by atoms with van der Waals surface area (Å²) in [5.41, 5.74) is 6.08. The van der Waals surface area contributed by atoms with Gasteiger partial charge in [-0.3, -0.25) is 4.79 Å². The van der Waals surface area contributed by atoms with Gasteiger partial charge in [-0.2, -0.15) is 0 Å². The number of carbonyl (C=O) groups is 1. The molecule has 0 bridgehead atoms. The predicted octanol–water partition coefficient (Wildman–Crippen LogP) is 4.09. The average molecular weight is 464 g/mol. The second kappa shape index (κ2) is 12.3. The molecule has 0 saturated heterocycles. The maximum absolute atomic E-state index is 10.7. The normalized spacial score (nSPS) is 25.7. The molecule has 3 unspecified atom stereocenters. The lowest BCUT2D eigenvalue weighted by Gasteiger charge is -2.23. The molecular formula is C21H31Cl2NO4S. The molecule has 5 N–H and O–H groups in total. The van der Waals surface area contributed by atoms with E-state index in [1.54, 1.807) is 0 Å². The number of primary amides is 1. The van der Waals surface area contributed by atoms with Crippen LogP contribution in [0.25, 0.3) is 0 Å². The Bertz CT molecular complexity index is 682. The van der Waals surface area contributed by atoms with Crippen molar-refractivity contribution >= 4 is 40.4 Å². The van der Waals surface area contributed by atoms with Gasteiger partial charge in [0.25, 0.3) is 0 Å². The number of aliphatic hydroxyl groups excluding tert-OH is 3. The standard InChI is InChI=1S/C21H31Cl2NO4S/c22-19-11-13(21(23)29-19)7-8-14(25)9-10-16-15(17(26)12-18(16)27)5-3-1-2-4-6-20(24)28/h1,3,11,14-18,25-27H,2,4-10,12H2,(H2,24,28)/b3-1-/t14?,15-,16-,17?,18?/m1/s1. The Hall–Kier alpha value is -0.630. The highest BCUT2D eigenvalue weighted by Crippen LogP contribution is 2.39. The summed E-state index contributed by atoms with van der Waals surface area (Å²) in [6.07, 6.45) is 7.86. The molecule has 2 rings (SSSR count). The van der Waals surface area contributed by atoms with Gasteiger partial charge in [-0.1, -0.05) is 35.4 Å². The van der Waals surface area contributed by atoms with Crippen LogP contribution in [0.5, 0.6) is 0 Å². The number of allylic oxidation sites excluding steroid dienone is 2. The third-order valence-electron chi connectivity index (χ3n) is 5.70. The molecule has 5 nitrogen and oxygen atoms in total. The van der Waals surface area contributed by atoms with Gasteiger partial charge in [0.2, 0.25) is 5.91 Å². The fourth-order valence-electron chi connectivity index (χ4n) is 4.07.